The monoisotopic (exact) mass is 259 g/mol. The Bertz CT molecular complexity index is 712. The molecule has 1 atom stereocenters. The summed E-state index contributed by atoms with van der Waals surface area (Å²) in [5.41, 5.74) is 1.06. The Morgan fingerprint density at radius 1 is 1.21 bits per heavy atom. The molecule has 3 N–H and O–H groups in total. The Labute approximate surface area is 110 Å². The Balaban J connectivity index is 1.94. The van der Waals surface area contributed by atoms with Gasteiger partial charge in [-0.15, -0.1) is 0 Å². The molecule has 2 aromatic rings. The number of benzene rings is 1. The first-order valence-electron chi connectivity index (χ1n) is 6.70. The van der Waals surface area contributed by atoms with Crippen molar-refractivity contribution in [3.05, 3.63) is 38.9 Å². The van der Waals surface area contributed by atoms with Crippen LogP contribution in [-0.2, 0) is 0 Å². The number of rotatable bonds is 4. The van der Waals surface area contributed by atoms with Crippen molar-refractivity contribution in [2.45, 2.75) is 32.2 Å². The van der Waals surface area contributed by atoms with Gasteiger partial charge < -0.3 is 15.3 Å². The molecule has 0 radical (unpaired) electrons. The Morgan fingerprint density at radius 3 is 2.53 bits per heavy atom. The van der Waals surface area contributed by atoms with Crippen LogP contribution in [0, 0.1) is 5.92 Å². The van der Waals surface area contributed by atoms with Gasteiger partial charge in [-0.3, -0.25) is 9.59 Å². The summed E-state index contributed by atoms with van der Waals surface area (Å²) in [5.74, 6) is 0.773. The van der Waals surface area contributed by atoms with Gasteiger partial charge in [-0.25, -0.2) is 0 Å². The van der Waals surface area contributed by atoms with Gasteiger partial charge >= 0.3 is 11.1 Å². The molecule has 19 heavy (non-hydrogen) atoms. The molecule has 0 bridgehead atoms. The summed E-state index contributed by atoms with van der Waals surface area (Å²) in [5, 5.41) is 3.50. The van der Waals surface area contributed by atoms with Crippen molar-refractivity contribution in [2.75, 3.05) is 5.32 Å². The standard InChI is InChI=1S/C14H17N3O2/c1-2-10(8-3-4-8)15-9-5-6-11-12(7-9)17-14(19)13(18)16-11/h5-8,10,15H,2-4H2,1H3,(H,16,18)(H,17,19). The van der Waals surface area contributed by atoms with E-state index in [1.807, 2.05) is 18.2 Å². The molecule has 1 saturated carbocycles. The smallest absolute Gasteiger partial charge is 0.314 e. The molecule has 5 heteroatoms. The van der Waals surface area contributed by atoms with Crippen molar-refractivity contribution in [2.24, 2.45) is 5.92 Å². The lowest BCUT2D eigenvalue weighted by molar-refractivity contribution is 0.617. The SMILES string of the molecule is CCC(Nc1ccc2[nH]c(=O)c(=O)[nH]c2c1)C1CC1. The third-order valence-electron chi connectivity index (χ3n) is 3.71. The normalized spacial score (nSPS) is 16.5. The number of H-pyrrole nitrogens is 2. The van der Waals surface area contributed by atoms with Crippen LogP contribution in [0.5, 0.6) is 0 Å². The fourth-order valence-corrected chi connectivity index (χ4v) is 2.47. The van der Waals surface area contributed by atoms with E-state index in [4.69, 9.17) is 0 Å². The third kappa shape index (κ3) is 2.41. The van der Waals surface area contributed by atoms with Crippen LogP contribution in [0.1, 0.15) is 26.2 Å². The number of nitrogens with one attached hydrogen (secondary N) is 3. The van der Waals surface area contributed by atoms with Crippen molar-refractivity contribution >= 4 is 16.7 Å². The molecule has 5 nitrogen and oxygen atoms in total. The molecule has 1 fully saturated rings. The lowest BCUT2D eigenvalue weighted by Crippen LogP contribution is -2.29. The van der Waals surface area contributed by atoms with Crippen LogP contribution in [0.2, 0.25) is 0 Å². The number of aromatic nitrogens is 2. The molecule has 0 spiro atoms. The maximum Gasteiger partial charge on any atom is 0.314 e. The summed E-state index contributed by atoms with van der Waals surface area (Å²) < 4.78 is 0. The zero-order valence-electron chi connectivity index (χ0n) is 10.8. The highest BCUT2D eigenvalue weighted by atomic mass is 16.2. The minimum atomic E-state index is -0.613. The fraction of sp³-hybridized carbons (Fsp3) is 0.429. The van der Waals surface area contributed by atoms with Gasteiger partial charge in [-0.1, -0.05) is 6.92 Å². The Morgan fingerprint density at radius 2 is 1.89 bits per heavy atom. The summed E-state index contributed by atoms with van der Waals surface area (Å²) in [6.45, 7) is 2.18. The van der Waals surface area contributed by atoms with Gasteiger partial charge in [0.2, 0.25) is 0 Å². The fourth-order valence-electron chi connectivity index (χ4n) is 2.47. The number of aromatic amines is 2. The van der Waals surface area contributed by atoms with Crippen molar-refractivity contribution in [3.63, 3.8) is 0 Å². The third-order valence-corrected chi connectivity index (χ3v) is 3.71. The van der Waals surface area contributed by atoms with Crippen LogP contribution < -0.4 is 16.4 Å². The molecule has 3 rings (SSSR count). The molecule has 1 heterocycles. The zero-order chi connectivity index (χ0) is 13.4. The van der Waals surface area contributed by atoms with Gasteiger partial charge in [0.15, 0.2) is 0 Å². The molecule has 1 aromatic heterocycles. The van der Waals surface area contributed by atoms with E-state index < -0.39 is 11.1 Å². The summed E-state index contributed by atoms with van der Waals surface area (Å²) >= 11 is 0. The summed E-state index contributed by atoms with van der Waals surface area (Å²) in [6.07, 6.45) is 3.68. The number of fused-ring (bicyclic) bond motifs is 1. The van der Waals surface area contributed by atoms with Crippen LogP contribution in [-0.4, -0.2) is 16.0 Å². The molecule has 0 saturated heterocycles. The average molecular weight is 259 g/mol. The van der Waals surface area contributed by atoms with Crippen LogP contribution in [0.4, 0.5) is 5.69 Å². The molecule has 1 aromatic carbocycles. The molecular formula is C14H17N3O2. The lowest BCUT2D eigenvalue weighted by atomic mass is 10.1. The highest BCUT2D eigenvalue weighted by Gasteiger charge is 2.29. The van der Waals surface area contributed by atoms with E-state index in [1.54, 1.807) is 0 Å². The highest BCUT2D eigenvalue weighted by molar-refractivity contribution is 5.78. The highest BCUT2D eigenvalue weighted by Crippen LogP contribution is 2.35. The van der Waals surface area contributed by atoms with Crippen molar-refractivity contribution in [3.8, 4) is 0 Å². The van der Waals surface area contributed by atoms with Crippen LogP contribution in [0.25, 0.3) is 11.0 Å². The van der Waals surface area contributed by atoms with Gasteiger partial charge in [0.25, 0.3) is 0 Å². The molecule has 1 aliphatic carbocycles. The summed E-state index contributed by atoms with van der Waals surface area (Å²) in [7, 11) is 0. The first-order chi connectivity index (χ1) is 9.17. The van der Waals surface area contributed by atoms with Gasteiger partial charge in [0.1, 0.15) is 0 Å². The van der Waals surface area contributed by atoms with E-state index in [2.05, 4.69) is 22.2 Å². The van der Waals surface area contributed by atoms with Gasteiger partial charge in [0.05, 0.1) is 11.0 Å². The van der Waals surface area contributed by atoms with Gasteiger partial charge in [0, 0.05) is 11.7 Å². The quantitative estimate of drug-likeness (QED) is 0.733. The largest absolute Gasteiger partial charge is 0.382 e. The maximum atomic E-state index is 11.3. The minimum absolute atomic E-state index is 0.493. The maximum absolute atomic E-state index is 11.3. The van der Waals surface area contributed by atoms with Crippen molar-refractivity contribution in [1.29, 1.82) is 0 Å². The molecule has 1 aliphatic rings. The zero-order valence-corrected chi connectivity index (χ0v) is 10.8. The van der Waals surface area contributed by atoms with Crippen LogP contribution >= 0.6 is 0 Å². The second-order valence-corrected chi connectivity index (χ2v) is 5.17. The predicted octanol–water partition coefficient (Wildman–Crippen LogP) is 1.82. The Hall–Kier alpha value is -2.04. The molecule has 0 aliphatic heterocycles. The van der Waals surface area contributed by atoms with Crippen LogP contribution in [0.15, 0.2) is 27.8 Å². The van der Waals surface area contributed by atoms with E-state index in [9.17, 15) is 9.59 Å². The molecule has 1 unspecified atom stereocenters. The van der Waals surface area contributed by atoms with Crippen LogP contribution in [0.3, 0.4) is 0 Å². The van der Waals surface area contributed by atoms with Crippen molar-refractivity contribution in [1.82, 2.24) is 9.97 Å². The lowest BCUT2D eigenvalue weighted by Gasteiger charge is -2.17. The number of hydrogen-bond donors (Lipinski definition) is 3. The Kier molecular flexibility index (Phi) is 2.89. The van der Waals surface area contributed by atoms with E-state index >= 15 is 0 Å². The second kappa shape index (κ2) is 4.57. The molecule has 0 amide bonds. The molecule has 100 valence electrons. The topological polar surface area (TPSA) is 77.8 Å². The first-order valence-corrected chi connectivity index (χ1v) is 6.70. The van der Waals surface area contributed by atoms with E-state index in [0.717, 1.165) is 18.0 Å². The average Bonchev–Trinajstić information content (AvgIpc) is 3.22. The van der Waals surface area contributed by atoms with E-state index in [0.29, 0.717) is 17.1 Å². The van der Waals surface area contributed by atoms with Crippen molar-refractivity contribution < 1.29 is 0 Å². The second-order valence-electron chi connectivity index (χ2n) is 5.17. The van der Waals surface area contributed by atoms with E-state index in [-0.39, 0.29) is 0 Å². The summed E-state index contributed by atoms with van der Waals surface area (Å²) in [4.78, 5) is 27.7. The summed E-state index contributed by atoms with van der Waals surface area (Å²) in [6, 6.07) is 6.11. The van der Waals surface area contributed by atoms with Gasteiger partial charge in [-0.2, -0.15) is 0 Å². The minimum Gasteiger partial charge on any atom is -0.382 e. The number of hydrogen-bond acceptors (Lipinski definition) is 3. The predicted molar refractivity (Wildman–Crippen MR) is 75.6 cm³/mol. The van der Waals surface area contributed by atoms with Gasteiger partial charge in [-0.05, 0) is 43.4 Å². The van der Waals surface area contributed by atoms with E-state index in [1.165, 1.54) is 12.8 Å². The molecular weight excluding hydrogens is 242 g/mol. The number of anilines is 1. The first kappa shape index (κ1) is 12.0.